The molecule has 27 heavy (non-hydrogen) atoms. The van der Waals surface area contributed by atoms with Gasteiger partial charge in [0, 0.05) is 44.2 Å². The predicted octanol–water partition coefficient (Wildman–Crippen LogP) is 3.37. The van der Waals surface area contributed by atoms with Crippen molar-refractivity contribution >= 4 is 23.6 Å². The van der Waals surface area contributed by atoms with Gasteiger partial charge in [0.05, 0.1) is 0 Å². The van der Waals surface area contributed by atoms with Crippen molar-refractivity contribution in [3.8, 4) is 0 Å². The van der Waals surface area contributed by atoms with Crippen molar-refractivity contribution in [1.29, 1.82) is 0 Å². The Morgan fingerprint density at radius 3 is 2.22 bits per heavy atom. The summed E-state index contributed by atoms with van der Waals surface area (Å²) in [6, 6.07) is 16.2. The van der Waals surface area contributed by atoms with Crippen molar-refractivity contribution in [2.45, 2.75) is 24.9 Å². The third kappa shape index (κ3) is 6.32. The summed E-state index contributed by atoms with van der Waals surface area (Å²) in [6.07, 6.45) is 2.08. The Balaban J connectivity index is 1.91. The molecule has 2 N–H and O–H groups in total. The van der Waals surface area contributed by atoms with Crippen LogP contribution in [0.2, 0.25) is 0 Å². The van der Waals surface area contributed by atoms with Crippen LogP contribution in [0.3, 0.4) is 0 Å². The second-order valence-corrected chi connectivity index (χ2v) is 7.04. The molecule has 0 spiro atoms. The number of aliphatic imine (C=N–C) groups is 1. The Kier molecular flexibility index (Phi) is 8.20. The molecule has 5 nitrogen and oxygen atoms in total. The lowest BCUT2D eigenvalue weighted by molar-refractivity contribution is 0.0956. The Bertz CT molecular complexity index is 757. The molecule has 0 aliphatic heterocycles. The summed E-state index contributed by atoms with van der Waals surface area (Å²) < 4.78 is 0. The first-order chi connectivity index (χ1) is 13.1. The number of thioether (sulfide) groups is 1. The fourth-order valence-corrected chi connectivity index (χ4v) is 3.09. The number of benzene rings is 2. The summed E-state index contributed by atoms with van der Waals surface area (Å²) >= 11 is 1.74. The van der Waals surface area contributed by atoms with E-state index in [-0.39, 0.29) is 5.91 Å². The first kappa shape index (κ1) is 20.8. The lowest BCUT2D eigenvalue weighted by atomic mass is 10.1. The van der Waals surface area contributed by atoms with Crippen LogP contribution < -0.4 is 10.6 Å². The third-order valence-corrected chi connectivity index (χ3v) is 4.90. The van der Waals surface area contributed by atoms with Crippen LogP contribution in [-0.4, -0.2) is 43.7 Å². The van der Waals surface area contributed by atoms with Gasteiger partial charge in [-0.2, -0.15) is 0 Å². The van der Waals surface area contributed by atoms with E-state index < -0.39 is 0 Å². The smallest absolute Gasteiger partial charge is 0.251 e. The van der Waals surface area contributed by atoms with Crippen molar-refractivity contribution in [2.75, 3.05) is 26.9 Å². The lowest BCUT2D eigenvalue weighted by Crippen LogP contribution is -2.38. The van der Waals surface area contributed by atoms with Crippen LogP contribution in [0.1, 0.15) is 28.4 Å². The van der Waals surface area contributed by atoms with E-state index in [4.69, 9.17) is 0 Å². The Morgan fingerprint density at radius 1 is 1.04 bits per heavy atom. The summed E-state index contributed by atoms with van der Waals surface area (Å²) in [5.41, 5.74) is 3.02. The number of carbonyl (C=O) groups excluding carboxylic acids is 1. The quantitative estimate of drug-likeness (QED) is 0.437. The van der Waals surface area contributed by atoms with Crippen LogP contribution in [0.4, 0.5) is 0 Å². The summed E-state index contributed by atoms with van der Waals surface area (Å²) in [5.74, 6) is 0.789. The maximum atomic E-state index is 11.8. The number of guanidine groups is 1. The van der Waals surface area contributed by atoms with Gasteiger partial charge in [-0.05, 0) is 48.6 Å². The molecule has 1 amide bonds. The largest absolute Gasteiger partial charge is 0.352 e. The van der Waals surface area contributed by atoms with Crippen LogP contribution in [0.5, 0.6) is 0 Å². The molecule has 0 bridgehead atoms. The zero-order valence-corrected chi connectivity index (χ0v) is 17.3. The molecule has 0 atom stereocenters. The second-order valence-electron chi connectivity index (χ2n) is 6.16. The van der Waals surface area contributed by atoms with E-state index in [2.05, 4.69) is 51.0 Å². The van der Waals surface area contributed by atoms with E-state index in [9.17, 15) is 4.79 Å². The van der Waals surface area contributed by atoms with Gasteiger partial charge < -0.3 is 15.5 Å². The molecule has 144 valence electrons. The molecular weight excluding hydrogens is 356 g/mol. The number of carbonyl (C=O) groups is 1. The molecule has 0 radical (unpaired) electrons. The monoisotopic (exact) mass is 384 g/mol. The van der Waals surface area contributed by atoms with Gasteiger partial charge in [0.25, 0.3) is 5.91 Å². The van der Waals surface area contributed by atoms with Gasteiger partial charge in [-0.15, -0.1) is 11.8 Å². The zero-order chi connectivity index (χ0) is 19.6. The number of rotatable bonds is 7. The number of nitrogens with one attached hydrogen (secondary N) is 2. The number of hydrogen-bond donors (Lipinski definition) is 2. The fourth-order valence-electron chi connectivity index (χ4n) is 2.68. The minimum atomic E-state index is -0.0416. The van der Waals surface area contributed by atoms with Gasteiger partial charge in [-0.25, -0.2) is 0 Å². The molecule has 6 heteroatoms. The lowest BCUT2D eigenvalue weighted by Gasteiger charge is -2.22. The molecule has 0 heterocycles. The average Bonchev–Trinajstić information content (AvgIpc) is 2.69. The van der Waals surface area contributed by atoms with Crippen molar-refractivity contribution in [2.24, 2.45) is 4.99 Å². The Hall–Kier alpha value is -2.47. The fraction of sp³-hybridized carbons (Fsp3) is 0.333. The highest BCUT2D eigenvalue weighted by atomic mass is 32.2. The summed E-state index contributed by atoms with van der Waals surface area (Å²) in [7, 11) is 3.81. The maximum Gasteiger partial charge on any atom is 0.251 e. The molecule has 0 aromatic heterocycles. The molecule has 0 aliphatic carbocycles. The summed E-state index contributed by atoms with van der Waals surface area (Å²) in [6.45, 7) is 3.97. The number of hydrogen-bond acceptors (Lipinski definition) is 3. The Morgan fingerprint density at radius 2 is 1.67 bits per heavy atom. The van der Waals surface area contributed by atoms with Crippen molar-refractivity contribution in [1.82, 2.24) is 15.5 Å². The van der Waals surface area contributed by atoms with Gasteiger partial charge in [0.1, 0.15) is 0 Å². The number of amides is 1. The molecular formula is C21H28N4OS. The first-order valence-electron chi connectivity index (χ1n) is 8.99. The van der Waals surface area contributed by atoms with E-state index >= 15 is 0 Å². The minimum absolute atomic E-state index is 0.0416. The maximum absolute atomic E-state index is 11.8. The van der Waals surface area contributed by atoms with Gasteiger partial charge in [-0.1, -0.05) is 24.3 Å². The van der Waals surface area contributed by atoms with Crippen molar-refractivity contribution in [3.05, 3.63) is 65.2 Å². The molecule has 0 unspecified atom stereocenters. The minimum Gasteiger partial charge on any atom is -0.352 e. The van der Waals surface area contributed by atoms with Crippen molar-refractivity contribution in [3.63, 3.8) is 0 Å². The molecule has 2 aromatic rings. The summed E-state index contributed by atoms with van der Waals surface area (Å²) in [5, 5.41) is 6.18. The van der Waals surface area contributed by atoms with Crippen LogP contribution in [0.25, 0.3) is 0 Å². The van der Waals surface area contributed by atoms with Crippen LogP contribution in [0.15, 0.2) is 58.4 Å². The first-order valence-corrected chi connectivity index (χ1v) is 10.2. The highest BCUT2D eigenvalue weighted by Gasteiger charge is 2.08. The van der Waals surface area contributed by atoms with Crippen LogP contribution in [0, 0.1) is 0 Å². The average molecular weight is 385 g/mol. The molecule has 0 fully saturated rings. The third-order valence-electron chi connectivity index (χ3n) is 4.16. The van der Waals surface area contributed by atoms with Crippen LogP contribution in [-0.2, 0) is 13.1 Å². The van der Waals surface area contributed by atoms with Crippen LogP contribution >= 0.6 is 11.8 Å². The SMILES string of the molecule is CCNC(=O)c1ccc(CNC(=NC)N(C)Cc2ccc(SC)cc2)cc1. The van der Waals surface area contributed by atoms with Crippen molar-refractivity contribution < 1.29 is 4.79 Å². The van der Waals surface area contributed by atoms with Gasteiger partial charge in [0.15, 0.2) is 5.96 Å². The van der Waals surface area contributed by atoms with E-state index in [1.807, 2.05) is 38.2 Å². The molecule has 2 rings (SSSR count). The zero-order valence-electron chi connectivity index (χ0n) is 16.5. The topological polar surface area (TPSA) is 56.7 Å². The molecule has 0 saturated carbocycles. The number of nitrogens with zero attached hydrogens (tertiary/aromatic N) is 2. The van der Waals surface area contributed by atoms with E-state index in [1.54, 1.807) is 18.8 Å². The second kappa shape index (κ2) is 10.6. The summed E-state index contributed by atoms with van der Waals surface area (Å²) in [4.78, 5) is 19.5. The molecule has 0 saturated heterocycles. The highest BCUT2D eigenvalue weighted by molar-refractivity contribution is 7.98. The van der Waals surface area contributed by atoms with Gasteiger partial charge >= 0.3 is 0 Å². The van der Waals surface area contributed by atoms with E-state index in [0.717, 1.165) is 18.1 Å². The van der Waals surface area contributed by atoms with Gasteiger partial charge in [-0.3, -0.25) is 9.79 Å². The van der Waals surface area contributed by atoms with Gasteiger partial charge in [0.2, 0.25) is 0 Å². The van der Waals surface area contributed by atoms with E-state index in [0.29, 0.717) is 18.7 Å². The van der Waals surface area contributed by atoms with E-state index in [1.165, 1.54) is 10.5 Å². The predicted molar refractivity (Wildman–Crippen MR) is 114 cm³/mol. The Labute approximate surface area is 166 Å². The molecule has 2 aromatic carbocycles. The molecule has 0 aliphatic rings. The standard InChI is InChI=1S/C21H28N4OS/c1-5-23-20(26)18-10-6-16(7-11-18)14-24-21(22-2)25(3)15-17-8-12-19(27-4)13-9-17/h6-13H,5,14-15H2,1-4H3,(H,22,24)(H,23,26). The normalized spacial score (nSPS) is 11.2. The highest BCUT2D eigenvalue weighted by Crippen LogP contribution is 2.15.